The lowest BCUT2D eigenvalue weighted by Crippen LogP contribution is -2.35. The lowest BCUT2D eigenvalue weighted by molar-refractivity contribution is -0.118. The number of hydrogen-bond donors (Lipinski definition) is 2. The highest BCUT2D eigenvalue weighted by Gasteiger charge is 2.26. The van der Waals surface area contributed by atoms with Crippen molar-refractivity contribution in [1.82, 2.24) is 13.9 Å². The highest BCUT2D eigenvalue weighted by Crippen LogP contribution is 2.30. The molecule has 3 aromatic rings. The number of hydrogen-bond acceptors (Lipinski definition) is 6. The standard InChI is InChI=1S/C24H27N5O5S/c1-28-20-7-6-17(35(32,33)29-11-3-2-4-12-29)14-18(20)26-22(28)9-10-23(30)25-16-5-8-21-19(13-16)27-24(31)15-34-21/h5-8,13-14H,2-4,9-12,15H2,1H3,(H,25,30)(H,27,31). The minimum Gasteiger partial charge on any atom is -0.482 e. The van der Waals surface area contributed by atoms with Crippen molar-refractivity contribution in [3.63, 3.8) is 0 Å². The molecule has 5 rings (SSSR count). The van der Waals surface area contributed by atoms with Crippen LogP contribution in [0.1, 0.15) is 31.5 Å². The summed E-state index contributed by atoms with van der Waals surface area (Å²) in [6.45, 7) is 1.07. The summed E-state index contributed by atoms with van der Waals surface area (Å²) in [7, 11) is -1.69. The normalized spacial score (nSPS) is 16.4. The zero-order valence-corrected chi connectivity index (χ0v) is 20.2. The first-order valence-electron chi connectivity index (χ1n) is 11.6. The van der Waals surface area contributed by atoms with Crippen LogP contribution in [-0.4, -0.2) is 53.8 Å². The van der Waals surface area contributed by atoms with Crippen molar-refractivity contribution < 1.29 is 22.7 Å². The van der Waals surface area contributed by atoms with Gasteiger partial charge in [0.05, 0.1) is 21.6 Å². The summed E-state index contributed by atoms with van der Waals surface area (Å²) in [6, 6.07) is 10.1. The molecule has 0 saturated carbocycles. The van der Waals surface area contributed by atoms with E-state index in [1.165, 1.54) is 0 Å². The topological polar surface area (TPSA) is 123 Å². The van der Waals surface area contributed by atoms with Crippen molar-refractivity contribution in [2.45, 2.75) is 37.0 Å². The molecule has 10 nitrogen and oxygen atoms in total. The smallest absolute Gasteiger partial charge is 0.262 e. The lowest BCUT2D eigenvalue weighted by Gasteiger charge is -2.25. The van der Waals surface area contributed by atoms with Gasteiger partial charge in [0.1, 0.15) is 11.6 Å². The van der Waals surface area contributed by atoms with Gasteiger partial charge in [-0.3, -0.25) is 9.59 Å². The SMILES string of the molecule is Cn1c(CCC(=O)Nc2ccc3c(c2)NC(=O)CO3)nc2cc(S(=O)(=O)N3CCCCC3)ccc21. The van der Waals surface area contributed by atoms with Crippen molar-refractivity contribution in [2.24, 2.45) is 7.05 Å². The summed E-state index contributed by atoms with van der Waals surface area (Å²) in [5.41, 5.74) is 2.47. The van der Waals surface area contributed by atoms with Gasteiger partial charge in [-0.1, -0.05) is 6.42 Å². The Labute approximate surface area is 203 Å². The molecule has 1 fully saturated rings. The molecule has 0 unspecified atom stereocenters. The van der Waals surface area contributed by atoms with E-state index < -0.39 is 10.0 Å². The predicted molar refractivity (Wildman–Crippen MR) is 131 cm³/mol. The monoisotopic (exact) mass is 497 g/mol. The van der Waals surface area contributed by atoms with Gasteiger partial charge >= 0.3 is 0 Å². The van der Waals surface area contributed by atoms with Crippen LogP contribution < -0.4 is 15.4 Å². The van der Waals surface area contributed by atoms with Gasteiger partial charge in [0, 0.05) is 38.7 Å². The van der Waals surface area contributed by atoms with E-state index in [1.54, 1.807) is 40.7 Å². The number of aromatic nitrogens is 2. The molecule has 35 heavy (non-hydrogen) atoms. The Morgan fingerprint density at radius 1 is 1.14 bits per heavy atom. The second-order valence-electron chi connectivity index (χ2n) is 8.80. The number of ether oxygens (including phenoxy) is 1. The quantitative estimate of drug-likeness (QED) is 0.540. The number of imidazole rings is 1. The summed E-state index contributed by atoms with van der Waals surface area (Å²) >= 11 is 0. The van der Waals surface area contributed by atoms with Crippen molar-refractivity contribution in [2.75, 3.05) is 30.3 Å². The van der Waals surface area contributed by atoms with Crippen LogP contribution in [0.25, 0.3) is 11.0 Å². The first-order chi connectivity index (χ1) is 16.8. The van der Waals surface area contributed by atoms with E-state index in [4.69, 9.17) is 4.74 Å². The van der Waals surface area contributed by atoms with Crippen LogP contribution in [0.15, 0.2) is 41.3 Å². The van der Waals surface area contributed by atoms with Crippen LogP contribution in [0.3, 0.4) is 0 Å². The molecule has 1 saturated heterocycles. The largest absolute Gasteiger partial charge is 0.482 e. The summed E-state index contributed by atoms with van der Waals surface area (Å²) in [6.07, 6.45) is 3.39. The number of sulfonamides is 1. The summed E-state index contributed by atoms with van der Waals surface area (Å²) in [5, 5.41) is 5.54. The van der Waals surface area contributed by atoms with E-state index in [9.17, 15) is 18.0 Å². The van der Waals surface area contributed by atoms with Crippen LogP contribution in [0.2, 0.25) is 0 Å². The van der Waals surface area contributed by atoms with E-state index in [1.807, 2.05) is 11.6 Å². The Balaban J connectivity index is 1.27. The number of piperidine rings is 1. The average Bonchev–Trinajstić information content (AvgIpc) is 3.18. The van der Waals surface area contributed by atoms with Gasteiger partial charge in [-0.15, -0.1) is 0 Å². The number of fused-ring (bicyclic) bond motifs is 2. The molecule has 2 aliphatic heterocycles. The van der Waals surface area contributed by atoms with E-state index in [-0.39, 0.29) is 29.7 Å². The zero-order valence-electron chi connectivity index (χ0n) is 19.4. The fourth-order valence-electron chi connectivity index (χ4n) is 4.48. The Morgan fingerprint density at radius 3 is 2.74 bits per heavy atom. The van der Waals surface area contributed by atoms with Crippen LogP contribution in [0.5, 0.6) is 5.75 Å². The third-order valence-electron chi connectivity index (χ3n) is 6.37. The third kappa shape index (κ3) is 4.73. The van der Waals surface area contributed by atoms with Gasteiger partial charge in [-0.25, -0.2) is 13.4 Å². The number of nitrogens with one attached hydrogen (secondary N) is 2. The van der Waals surface area contributed by atoms with E-state index in [2.05, 4.69) is 15.6 Å². The van der Waals surface area contributed by atoms with Crippen molar-refractivity contribution >= 4 is 44.2 Å². The first kappa shape index (κ1) is 23.3. The van der Waals surface area contributed by atoms with E-state index in [0.29, 0.717) is 48.0 Å². The van der Waals surface area contributed by atoms with Gasteiger partial charge in [-0.05, 0) is 49.2 Å². The van der Waals surface area contributed by atoms with Gasteiger partial charge in [0.2, 0.25) is 15.9 Å². The molecule has 0 bridgehead atoms. The van der Waals surface area contributed by atoms with Gasteiger partial charge in [-0.2, -0.15) is 4.31 Å². The Morgan fingerprint density at radius 2 is 1.94 bits per heavy atom. The zero-order chi connectivity index (χ0) is 24.6. The molecule has 11 heteroatoms. The van der Waals surface area contributed by atoms with Crippen LogP contribution in [0, 0.1) is 0 Å². The number of aryl methyl sites for hydroxylation is 2. The molecule has 2 N–H and O–H groups in total. The molecular formula is C24H27N5O5S. The highest BCUT2D eigenvalue weighted by molar-refractivity contribution is 7.89. The summed E-state index contributed by atoms with van der Waals surface area (Å²) in [5.74, 6) is 0.806. The molecule has 0 aliphatic carbocycles. The molecule has 0 atom stereocenters. The third-order valence-corrected chi connectivity index (χ3v) is 8.26. The molecule has 0 spiro atoms. The molecule has 184 valence electrons. The van der Waals surface area contributed by atoms with E-state index in [0.717, 1.165) is 24.8 Å². The Hall–Kier alpha value is -3.44. The number of anilines is 2. The highest BCUT2D eigenvalue weighted by atomic mass is 32.2. The molecular weight excluding hydrogens is 470 g/mol. The lowest BCUT2D eigenvalue weighted by atomic mass is 10.2. The van der Waals surface area contributed by atoms with Crippen LogP contribution in [0.4, 0.5) is 11.4 Å². The first-order valence-corrected chi connectivity index (χ1v) is 13.1. The Bertz CT molecular complexity index is 1410. The minimum absolute atomic E-state index is 0.0254. The van der Waals surface area contributed by atoms with Crippen LogP contribution in [-0.2, 0) is 33.1 Å². The Kier molecular flexibility index (Phi) is 6.20. The molecule has 3 heterocycles. The number of nitrogens with zero attached hydrogens (tertiary/aromatic N) is 3. The van der Waals surface area contributed by atoms with Crippen LogP contribution >= 0.6 is 0 Å². The van der Waals surface area contributed by atoms with E-state index >= 15 is 0 Å². The van der Waals surface area contributed by atoms with Crippen molar-refractivity contribution in [3.05, 3.63) is 42.2 Å². The van der Waals surface area contributed by atoms with Gasteiger partial charge < -0.3 is 19.9 Å². The van der Waals surface area contributed by atoms with Gasteiger partial charge in [0.25, 0.3) is 5.91 Å². The number of carbonyl (C=O) groups is 2. The molecule has 0 radical (unpaired) electrons. The maximum Gasteiger partial charge on any atom is 0.262 e. The average molecular weight is 498 g/mol. The summed E-state index contributed by atoms with van der Waals surface area (Å²) < 4.78 is 34.8. The fraction of sp³-hybridized carbons (Fsp3) is 0.375. The number of benzene rings is 2. The molecule has 2 aromatic carbocycles. The molecule has 1 aromatic heterocycles. The van der Waals surface area contributed by atoms with Gasteiger partial charge in [0.15, 0.2) is 6.61 Å². The van der Waals surface area contributed by atoms with Crippen molar-refractivity contribution in [1.29, 1.82) is 0 Å². The number of carbonyl (C=O) groups excluding carboxylic acids is 2. The predicted octanol–water partition coefficient (Wildman–Crippen LogP) is 2.65. The summed E-state index contributed by atoms with van der Waals surface area (Å²) in [4.78, 5) is 28.9. The minimum atomic E-state index is -3.54. The molecule has 2 amide bonds. The second-order valence-corrected chi connectivity index (χ2v) is 10.7. The fourth-order valence-corrected chi connectivity index (χ4v) is 6.02. The maximum atomic E-state index is 13.0. The second kappa shape index (κ2) is 9.31. The molecule has 2 aliphatic rings. The number of rotatable bonds is 6. The van der Waals surface area contributed by atoms with Crippen molar-refractivity contribution in [3.8, 4) is 5.75 Å². The number of amides is 2. The maximum absolute atomic E-state index is 13.0.